The second kappa shape index (κ2) is 8.49. The van der Waals surface area contributed by atoms with Crippen molar-refractivity contribution in [3.63, 3.8) is 0 Å². The van der Waals surface area contributed by atoms with Crippen LogP contribution in [0.2, 0.25) is 0 Å². The summed E-state index contributed by atoms with van der Waals surface area (Å²) in [5.41, 5.74) is 10.3. The fourth-order valence-corrected chi connectivity index (χ4v) is 4.00. The van der Waals surface area contributed by atoms with Gasteiger partial charge in [0, 0.05) is 30.0 Å². The Bertz CT molecular complexity index is 1510. The molecule has 0 unspecified atom stereocenters. The molecule has 0 fully saturated rings. The molecule has 0 atom stereocenters. The highest BCUT2D eigenvalue weighted by Crippen LogP contribution is 2.30. The number of pyridine rings is 2. The van der Waals surface area contributed by atoms with E-state index < -0.39 is 0 Å². The molecule has 1 amide bonds. The largest absolute Gasteiger partial charge is 0.383 e. The molecule has 3 N–H and O–H groups in total. The minimum absolute atomic E-state index is 0.239. The summed E-state index contributed by atoms with van der Waals surface area (Å²) < 4.78 is 1.93. The molecule has 5 aromatic rings. The molecule has 160 valence electrons. The summed E-state index contributed by atoms with van der Waals surface area (Å²) in [7, 11) is 0. The summed E-state index contributed by atoms with van der Waals surface area (Å²) in [4.78, 5) is 29.7. The molecular formula is C23H16N8OS. The quantitative estimate of drug-likeness (QED) is 0.417. The molecule has 1 aromatic carbocycles. The maximum Gasteiger partial charge on any atom is 0.271 e. The van der Waals surface area contributed by atoms with Crippen molar-refractivity contribution in [2.24, 2.45) is 0 Å². The van der Waals surface area contributed by atoms with Gasteiger partial charge in [0.2, 0.25) is 0 Å². The van der Waals surface area contributed by atoms with Crippen molar-refractivity contribution >= 4 is 34.2 Å². The van der Waals surface area contributed by atoms with Crippen molar-refractivity contribution in [2.45, 2.75) is 6.54 Å². The Morgan fingerprint density at radius 2 is 1.88 bits per heavy atom. The minimum Gasteiger partial charge on any atom is -0.383 e. The Morgan fingerprint density at radius 1 is 1.09 bits per heavy atom. The first-order chi connectivity index (χ1) is 16.1. The van der Waals surface area contributed by atoms with Crippen molar-refractivity contribution < 1.29 is 4.79 Å². The summed E-state index contributed by atoms with van der Waals surface area (Å²) in [5, 5.41) is 13.5. The van der Waals surface area contributed by atoms with Gasteiger partial charge in [0.05, 0.1) is 5.56 Å². The third-order valence-corrected chi connectivity index (χ3v) is 5.72. The fraction of sp³-hybridized carbons (Fsp3) is 0.0435. The molecule has 5 rings (SSSR count). The number of amides is 1. The number of nitrogens with two attached hydrogens (primary N) is 1. The Hall–Kier alpha value is -4.62. The molecule has 0 aliphatic heterocycles. The first-order valence-electron chi connectivity index (χ1n) is 9.91. The van der Waals surface area contributed by atoms with Gasteiger partial charge >= 0.3 is 0 Å². The van der Waals surface area contributed by atoms with E-state index in [1.165, 1.54) is 0 Å². The second-order valence-corrected chi connectivity index (χ2v) is 7.91. The summed E-state index contributed by atoms with van der Waals surface area (Å²) >= 11 is 1.14. The highest BCUT2D eigenvalue weighted by molar-refractivity contribution is 7.10. The molecule has 10 heteroatoms. The summed E-state index contributed by atoms with van der Waals surface area (Å²) in [6.45, 7) is 0.323. The maximum atomic E-state index is 12.3. The van der Waals surface area contributed by atoms with E-state index in [1.54, 1.807) is 17.8 Å². The topological polar surface area (TPSA) is 135 Å². The van der Waals surface area contributed by atoms with E-state index in [0.717, 1.165) is 28.1 Å². The number of benzene rings is 1. The van der Waals surface area contributed by atoms with Crippen molar-refractivity contribution in [2.75, 3.05) is 5.73 Å². The zero-order valence-corrected chi connectivity index (χ0v) is 18.0. The lowest BCUT2D eigenvalue weighted by Gasteiger charge is -2.11. The van der Waals surface area contributed by atoms with Crippen LogP contribution in [0.25, 0.3) is 28.2 Å². The third-order valence-electron chi connectivity index (χ3n) is 4.98. The number of aromatic nitrogens is 5. The number of nitrogens with zero attached hydrogens (tertiary/aromatic N) is 6. The molecule has 0 spiro atoms. The van der Waals surface area contributed by atoms with Crippen LogP contribution >= 0.6 is 11.3 Å². The molecule has 0 aliphatic rings. The molecule has 33 heavy (non-hydrogen) atoms. The number of anilines is 1. The van der Waals surface area contributed by atoms with Crippen molar-refractivity contribution in [3.8, 4) is 23.1 Å². The average molecular weight is 453 g/mol. The van der Waals surface area contributed by atoms with Crippen LogP contribution in [0.1, 0.15) is 21.1 Å². The molecule has 0 saturated heterocycles. The Balaban J connectivity index is 1.44. The molecule has 4 aromatic heterocycles. The zero-order valence-electron chi connectivity index (χ0n) is 17.1. The first kappa shape index (κ1) is 20.3. The number of imidazole rings is 1. The monoisotopic (exact) mass is 452 g/mol. The number of nitriles is 1. The minimum atomic E-state index is -0.323. The van der Waals surface area contributed by atoms with Gasteiger partial charge in [0.15, 0.2) is 16.5 Å². The number of carbonyl (C=O) groups excluding carboxylic acids is 1. The standard InChI is InChI=1S/C23H16N8OS/c24-11-19-29-18(13-33-19)23(32)28-12-14-5-7-15(8-6-14)31-21(16-3-1-9-26-20(16)25)30-17-4-2-10-27-22(17)31/h1-10,13H,12H2,(H2,25,26)(H,28,32). The highest BCUT2D eigenvalue weighted by atomic mass is 32.1. The predicted octanol–water partition coefficient (Wildman–Crippen LogP) is 3.32. The van der Waals surface area contributed by atoms with Gasteiger partial charge in [-0.15, -0.1) is 11.3 Å². The summed E-state index contributed by atoms with van der Waals surface area (Å²) in [6, 6.07) is 17.1. The Labute approximate surface area is 192 Å². The first-order valence-corrected chi connectivity index (χ1v) is 10.8. The van der Waals surface area contributed by atoms with Crippen molar-refractivity contribution in [3.05, 3.63) is 82.6 Å². The van der Waals surface area contributed by atoms with Gasteiger partial charge < -0.3 is 11.1 Å². The van der Waals surface area contributed by atoms with Crippen LogP contribution < -0.4 is 11.1 Å². The predicted molar refractivity (Wildman–Crippen MR) is 125 cm³/mol. The van der Waals surface area contributed by atoms with Crippen LogP contribution in [-0.2, 0) is 6.54 Å². The van der Waals surface area contributed by atoms with Crippen LogP contribution in [0.4, 0.5) is 5.82 Å². The molecule has 9 nitrogen and oxygen atoms in total. The van der Waals surface area contributed by atoms with E-state index in [9.17, 15) is 4.79 Å². The lowest BCUT2D eigenvalue weighted by atomic mass is 10.2. The summed E-state index contributed by atoms with van der Waals surface area (Å²) in [5.74, 6) is 0.707. The average Bonchev–Trinajstić information content (AvgIpc) is 3.48. The number of rotatable bonds is 5. The van der Waals surface area contributed by atoms with E-state index in [1.807, 2.05) is 59.2 Å². The lowest BCUT2D eigenvalue weighted by molar-refractivity contribution is 0.0946. The van der Waals surface area contributed by atoms with Gasteiger partial charge in [0.1, 0.15) is 23.1 Å². The van der Waals surface area contributed by atoms with E-state index in [4.69, 9.17) is 16.0 Å². The van der Waals surface area contributed by atoms with Crippen LogP contribution in [0.5, 0.6) is 0 Å². The number of fused-ring (bicyclic) bond motifs is 1. The van der Waals surface area contributed by atoms with Gasteiger partial charge in [-0.05, 0) is 42.0 Å². The molecule has 0 aliphatic carbocycles. The van der Waals surface area contributed by atoms with Gasteiger partial charge in [-0.25, -0.2) is 19.9 Å². The Kier molecular flexibility index (Phi) is 5.22. The van der Waals surface area contributed by atoms with E-state index in [2.05, 4.69) is 20.3 Å². The van der Waals surface area contributed by atoms with Crippen LogP contribution in [0, 0.1) is 11.3 Å². The van der Waals surface area contributed by atoms with Crippen LogP contribution in [0.15, 0.2) is 66.3 Å². The van der Waals surface area contributed by atoms with E-state index in [-0.39, 0.29) is 16.6 Å². The number of thiazole rings is 1. The number of carbonyl (C=O) groups is 1. The van der Waals surface area contributed by atoms with E-state index >= 15 is 0 Å². The molecule has 0 saturated carbocycles. The number of hydrogen-bond donors (Lipinski definition) is 2. The van der Waals surface area contributed by atoms with Crippen LogP contribution in [0.3, 0.4) is 0 Å². The number of nitrogens with one attached hydrogen (secondary N) is 1. The fourth-order valence-electron chi connectivity index (χ4n) is 3.41. The van der Waals surface area contributed by atoms with E-state index in [0.29, 0.717) is 29.4 Å². The van der Waals surface area contributed by atoms with Gasteiger partial charge in [-0.1, -0.05) is 12.1 Å². The van der Waals surface area contributed by atoms with Gasteiger partial charge in [-0.3, -0.25) is 9.36 Å². The zero-order chi connectivity index (χ0) is 22.8. The maximum absolute atomic E-state index is 12.3. The van der Waals surface area contributed by atoms with Gasteiger partial charge in [0.25, 0.3) is 5.91 Å². The Morgan fingerprint density at radius 3 is 2.64 bits per heavy atom. The van der Waals surface area contributed by atoms with Crippen molar-refractivity contribution in [1.29, 1.82) is 5.26 Å². The lowest BCUT2D eigenvalue weighted by Crippen LogP contribution is -2.23. The molecule has 0 bridgehead atoms. The third kappa shape index (κ3) is 3.88. The van der Waals surface area contributed by atoms with Gasteiger partial charge in [-0.2, -0.15) is 5.26 Å². The second-order valence-electron chi connectivity index (χ2n) is 7.05. The number of hydrogen-bond acceptors (Lipinski definition) is 8. The molecular weight excluding hydrogens is 436 g/mol. The SMILES string of the molecule is N#Cc1nc(C(=O)NCc2ccc(-n3c(-c4cccnc4N)nc4cccnc43)cc2)cs1. The summed E-state index contributed by atoms with van der Waals surface area (Å²) in [6.07, 6.45) is 3.36. The van der Waals surface area contributed by atoms with Crippen LogP contribution in [-0.4, -0.2) is 30.4 Å². The van der Waals surface area contributed by atoms with Crippen molar-refractivity contribution in [1.82, 2.24) is 29.8 Å². The smallest absolute Gasteiger partial charge is 0.271 e. The number of nitrogen functional groups attached to an aromatic ring is 1. The highest BCUT2D eigenvalue weighted by Gasteiger charge is 2.17. The normalized spacial score (nSPS) is 10.8. The molecule has 0 radical (unpaired) electrons. The molecule has 4 heterocycles.